The maximum atomic E-state index is 14.2. The van der Waals surface area contributed by atoms with Gasteiger partial charge in [0.2, 0.25) is 17.7 Å². The van der Waals surface area contributed by atoms with Crippen molar-refractivity contribution in [3.8, 4) is 5.75 Å². The van der Waals surface area contributed by atoms with E-state index < -0.39 is 96.0 Å². The number of epoxide rings is 1. The molecule has 90 heavy (non-hydrogen) atoms. The number of alkyl carbamates (subject to hydrolysis) is 1. The second kappa shape index (κ2) is 33.6. The number of hydrogen-bond acceptors (Lipinski definition) is 21. The molecule has 5 N–H and O–H groups in total. The number of hydrogen-bond donors (Lipinski definition) is 5. The monoisotopic (exact) mass is 1300 g/mol. The molecule has 9 atom stereocenters. The Labute approximate surface area is 532 Å². The van der Waals surface area contributed by atoms with Crippen LogP contribution < -0.4 is 26.0 Å². The van der Waals surface area contributed by atoms with Crippen LogP contribution in [0, 0.1) is 5.92 Å². The zero-order chi connectivity index (χ0) is 65.9. The zero-order valence-corrected chi connectivity index (χ0v) is 53.8. The van der Waals surface area contributed by atoms with Crippen molar-refractivity contribution >= 4 is 88.6 Å². The van der Waals surface area contributed by atoms with Crippen molar-refractivity contribution in [2.45, 2.75) is 121 Å². The largest absolute Gasteiger partial charge is 0.495 e. The van der Waals surface area contributed by atoms with Crippen LogP contribution in [0.2, 0.25) is 5.02 Å². The van der Waals surface area contributed by atoms with Gasteiger partial charge in [0.1, 0.15) is 67.6 Å². The molecular formula is C61H82ClN7O20S. The van der Waals surface area contributed by atoms with Crippen LogP contribution in [0.25, 0.3) is 0 Å². The van der Waals surface area contributed by atoms with Gasteiger partial charge in [0.05, 0.1) is 55.0 Å². The molecule has 0 spiro atoms. The Morgan fingerprint density at radius 1 is 0.922 bits per heavy atom. The summed E-state index contributed by atoms with van der Waals surface area (Å²) >= 11 is 8.11. The number of allylic oxidation sites excluding steroid dienone is 3. The van der Waals surface area contributed by atoms with Gasteiger partial charge in [-0.3, -0.25) is 29.8 Å². The van der Waals surface area contributed by atoms with Crippen molar-refractivity contribution in [2.75, 3.05) is 104 Å². The van der Waals surface area contributed by atoms with Gasteiger partial charge in [0.15, 0.2) is 5.72 Å². The number of methoxy groups -OCH3 is 2. The number of rotatable bonds is 21. The van der Waals surface area contributed by atoms with Crippen LogP contribution in [0.1, 0.15) is 70.1 Å². The standard InChI is InChI=1S/C61H82ClN7O20S/c1-36-13-11-15-48(81-9)61(79)31-47(87-57(76)66-61)37(2)54-60(4,89-54)49(30-42(70)29-41-26-40(25-36)28-46(80-8)53(41)62)88-55(74)38(3)69(7)52(73)19-24-84-58(77)67(5)21-22-68(6)59(78)85-32-39-16-17-44(65-56(75)86-43-14-12-23-82-35-83-33-43)45(27-39)64-50(71)18-20-63-51(72)34-90-10/h11-17,26-28,37-38,43,47-49,54,79H,18-25,29-35H2,1-10H3,(H,63,72)(H,64,71)(H,65,75)(H,66,76)/b14-12+,15-11+,36-13+/t37-,38+,43?,47+,48-,49+,54+,60+,61+/m1/s1. The molecule has 27 nitrogen and oxygen atoms in total. The predicted molar refractivity (Wildman–Crippen MR) is 329 cm³/mol. The van der Waals surface area contributed by atoms with Crippen molar-refractivity contribution in [1.29, 1.82) is 0 Å². The molecule has 4 aliphatic rings. The summed E-state index contributed by atoms with van der Waals surface area (Å²) in [5.41, 5.74) is -0.314. The van der Waals surface area contributed by atoms with Crippen LogP contribution >= 0.6 is 23.4 Å². The number of fused-ring (bicyclic) bond motifs is 5. The summed E-state index contributed by atoms with van der Waals surface area (Å²) in [5.74, 6) is -2.59. The molecule has 0 saturated carbocycles. The molecule has 1 aliphatic carbocycles. The van der Waals surface area contributed by atoms with E-state index in [9.17, 15) is 48.3 Å². The van der Waals surface area contributed by atoms with E-state index in [4.69, 9.17) is 59.0 Å². The minimum absolute atomic E-state index is 0.00915. The van der Waals surface area contributed by atoms with Gasteiger partial charge >= 0.3 is 30.3 Å². The van der Waals surface area contributed by atoms with E-state index in [0.29, 0.717) is 23.3 Å². The second-order valence-corrected chi connectivity index (χ2v) is 23.6. The van der Waals surface area contributed by atoms with Gasteiger partial charge in [-0.15, -0.1) is 0 Å². The van der Waals surface area contributed by atoms with Crippen LogP contribution in [0.5, 0.6) is 5.75 Å². The number of nitrogens with one attached hydrogen (secondary N) is 4. The number of ketones is 1. The number of ether oxygens (including phenoxy) is 10. The van der Waals surface area contributed by atoms with Crippen molar-refractivity contribution in [3.63, 3.8) is 0 Å². The van der Waals surface area contributed by atoms with E-state index in [-0.39, 0.29) is 119 Å². The number of nitrogens with zero attached hydrogens (tertiary/aromatic N) is 3. The number of esters is 1. The molecule has 2 aromatic carbocycles. The molecule has 7 amide bonds. The number of aliphatic hydroxyl groups is 1. The van der Waals surface area contributed by atoms with Crippen LogP contribution in [0.3, 0.4) is 0 Å². The van der Waals surface area contributed by atoms with Gasteiger partial charge < -0.3 is 77.8 Å². The molecule has 0 radical (unpaired) electrons. The minimum atomic E-state index is -1.90. The third-order valence-corrected chi connectivity index (χ3v) is 16.4. The summed E-state index contributed by atoms with van der Waals surface area (Å²) < 4.78 is 56.2. The number of anilines is 2. The lowest BCUT2D eigenvalue weighted by molar-refractivity contribution is -0.162. The van der Waals surface area contributed by atoms with Crippen molar-refractivity contribution in [2.24, 2.45) is 5.92 Å². The first-order chi connectivity index (χ1) is 42.8. The average Bonchev–Trinajstić information content (AvgIpc) is 1.58. The van der Waals surface area contributed by atoms with E-state index in [1.807, 2.05) is 13.0 Å². The van der Waals surface area contributed by atoms with Crippen LogP contribution in [-0.2, 0) is 86.1 Å². The number of carbonyl (C=O) groups excluding carboxylic acids is 9. The van der Waals surface area contributed by atoms with E-state index >= 15 is 0 Å². The lowest BCUT2D eigenvalue weighted by Gasteiger charge is -2.42. The molecule has 2 fully saturated rings. The highest BCUT2D eigenvalue weighted by Gasteiger charge is 2.64. The smallest absolute Gasteiger partial charge is 0.412 e. The van der Waals surface area contributed by atoms with Gasteiger partial charge in [-0.05, 0) is 74.4 Å². The fourth-order valence-corrected chi connectivity index (χ4v) is 10.7. The Morgan fingerprint density at radius 2 is 1.66 bits per heavy atom. The first kappa shape index (κ1) is 71.6. The minimum Gasteiger partial charge on any atom is -0.495 e. The van der Waals surface area contributed by atoms with Crippen LogP contribution in [0.4, 0.5) is 30.6 Å². The van der Waals surface area contributed by atoms with E-state index in [1.165, 1.54) is 76.0 Å². The molecule has 1 unspecified atom stereocenters. The Hall–Kier alpha value is -7.47. The van der Waals surface area contributed by atoms with Crippen LogP contribution in [-0.4, -0.2) is 215 Å². The number of amides is 7. The Kier molecular flexibility index (Phi) is 26.7. The van der Waals surface area contributed by atoms with Gasteiger partial charge in [-0.2, -0.15) is 11.8 Å². The Balaban J connectivity index is 1.02. The molecular weight excluding hydrogens is 1220 g/mol. The first-order valence-electron chi connectivity index (χ1n) is 29.1. The zero-order valence-electron chi connectivity index (χ0n) is 52.3. The van der Waals surface area contributed by atoms with Gasteiger partial charge in [0, 0.05) is 79.5 Å². The number of likely N-dealkylation sites (N-methyl/N-ethyl adjacent to an activating group) is 3. The SMILES string of the molecule is COc1cc2cc(c1Cl)CC(=O)C[C@H](OC(=O)[C@H](C)N(C)C(=O)CCOC(=O)N(C)CCN(C)C(=O)OCc1ccc(NC(=O)OC3/C=C/COCOC3)c(NC(=O)CCNC(=O)CSC)c1)[C@]1(C)O[C@H]1[C@H](C)[C@@H]1C[C@@](O)(NC(=O)O1)[C@H](OC)/C=C/C=C(\C)C2. The van der Waals surface area contributed by atoms with E-state index in [0.717, 1.165) is 16.0 Å². The lowest BCUT2D eigenvalue weighted by atomic mass is 9.83. The normalized spacial score (nSPS) is 25.0. The predicted octanol–water partition coefficient (Wildman–Crippen LogP) is 5.68. The maximum absolute atomic E-state index is 14.2. The quantitative estimate of drug-likeness (QED) is 0.0435. The molecule has 6 rings (SSSR count). The molecule has 2 saturated heterocycles. The fraction of sp³-hybridized carbons (Fsp3) is 0.557. The highest BCUT2D eigenvalue weighted by atomic mass is 35.5. The summed E-state index contributed by atoms with van der Waals surface area (Å²) in [6.07, 6.45) is 1.67. The first-order valence-corrected chi connectivity index (χ1v) is 30.9. The number of carbonyl (C=O) groups is 9. The Bertz CT molecular complexity index is 3020. The summed E-state index contributed by atoms with van der Waals surface area (Å²) in [4.78, 5) is 122. The highest BCUT2D eigenvalue weighted by Crippen LogP contribution is 2.49. The maximum Gasteiger partial charge on any atom is 0.412 e. The summed E-state index contributed by atoms with van der Waals surface area (Å²) in [6, 6.07) is 6.90. The topological polar surface area (TPSA) is 327 Å². The highest BCUT2D eigenvalue weighted by molar-refractivity contribution is 7.99. The number of thioether (sulfide) groups is 1. The second-order valence-electron chi connectivity index (χ2n) is 22.4. The number of benzene rings is 2. The molecule has 3 heterocycles. The third-order valence-electron chi connectivity index (χ3n) is 15.4. The summed E-state index contributed by atoms with van der Waals surface area (Å²) in [5, 5.41) is 22.6. The molecule has 0 aromatic heterocycles. The molecule has 494 valence electrons. The third kappa shape index (κ3) is 20.5. The lowest BCUT2D eigenvalue weighted by Crippen LogP contribution is -2.63. The average molecular weight is 1300 g/mol. The number of halogens is 1. The molecule has 2 aromatic rings. The summed E-state index contributed by atoms with van der Waals surface area (Å²) in [6.45, 7) is 6.48. The molecule has 3 aliphatic heterocycles. The van der Waals surface area contributed by atoms with Crippen molar-refractivity contribution < 1.29 is 95.6 Å². The van der Waals surface area contributed by atoms with Crippen molar-refractivity contribution in [3.05, 3.63) is 88.0 Å². The molecule has 29 heteroatoms. The number of Topliss-reactive ketones (excluding diaryl/α,β-unsaturated/α-hetero) is 1. The van der Waals surface area contributed by atoms with Crippen molar-refractivity contribution in [1.82, 2.24) is 25.3 Å². The van der Waals surface area contributed by atoms with E-state index in [1.54, 1.807) is 62.6 Å². The molecule has 4 bridgehead atoms. The van der Waals surface area contributed by atoms with Gasteiger partial charge in [0.25, 0.3) is 0 Å². The van der Waals surface area contributed by atoms with Gasteiger partial charge in [-0.25, -0.2) is 24.0 Å². The fourth-order valence-electron chi connectivity index (χ4n) is 10.1. The van der Waals surface area contributed by atoms with Gasteiger partial charge in [-0.1, -0.05) is 60.5 Å². The summed E-state index contributed by atoms with van der Waals surface area (Å²) in [7, 11) is 7.11. The Morgan fingerprint density at radius 3 is 2.37 bits per heavy atom. The van der Waals surface area contributed by atoms with E-state index in [2.05, 4.69) is 21.3 Å². The van der Waals surface area contributed by atoms with Crippen LogP contribution in [0.15, 0.2) is 66.3 Å².